The number of esters is 1. The van der Waals surface area contributed by atoms with Crippen molar-refractivity contribution < 1.29 is 9.53 Å². The first kappa shape index (κ1) is 31.0. The molecule has 0 radical (unpaired) electrons. The SMILES string of the molecule is CC/C=C\C/C=C\C/C=C\C/C=C\C/C=C\C/C=C\CC(=O)Oc1ccc2c(c1)[C@]13CCCC[C@@H]1[C@H](C2)N(C)CC3. The summed E-state index contributed by atoms with van der Waals surface area (Å²) in [6.07, 6.45) is 39.8. The third-order valence-corrected chi connectivity index (χ3v) is 9.20. The number of allylic oxidation sites excluding steroid dienone is 11. The molecule has 0 spiro atoms. The monoisotopic (exact) mass is 553 g/mol. The lowest BCUT2D eigenvalue weighted by Gasteiger charge is -2.58. The minimum atomic E-state index is -0.181. The van der Waals surface area contributed by atoms with Gasteiger partial charge < -0.3 is 9.64 Å². The number of likely N-dealkylation sites (tertiary alicyclic amines) is 1. The van der Waals surface area contributed by atoms with Gasteiger partial charge in [-0.3, -0.25) is 4.79 Å². The van der Waals surface area contributed by atoms with Crippen LogP contribution in [0.1, 0.15) is 95.1 Å². The fourth-order valence-corrected chi connectivity index (χ4v) is 7.11. The Morgan fingerprint density at radius 2 is 1.46 bits per heavy atom. The van der Waals surface area contributed by atoms with Crippen LogP contribution < -0.4 is 4.74 Å². The Bertz CT molecular complexity index is 1150. The van der Waals surface area contributed by atoms with E-state index in [9.17, 15) is 4.79 Å². The van der Waals surface area contributed by atoms with Crippen LogP contribution in [0, 0.1) is 5.92 Å². The number of benzene rings is 1. The number of hydrogen-bond donors (Lipinski definition) is 0. The van der Waals surface area contributed by atoms with Crippen molar-refractivity contribution in [1.82, 2.24) is 4.90 Å². The number of piperidine rings is 1. The van der Waals surface area contributed by atoms with Crippen LogP contribution in [0.5, 0.6) is 5.75 Å². The van der Waals surface area contributed by atoms with Gasteiger partial charge in [0.15, 0.2) is 0 Å². The Hall–Kier alpha value is -2.91. The molecule has 3 nitrogen and oxygen atoms in total. The van der Waals surface area contributed by atoms with Gasteiger partial charge in [-0.15, -0.1) is 0 Å². The molecule has 2 bridgehead atoms. The second kappa shape index (κ2) is 16.5. The van der Waals surface area contributed by atoms with E-state index in [2.05, 4.69) is 91.8 Å². The standard InChI is InChI=1S/C38H51NO2/c1-3-4-5-6-7-8-9-10-11-12-13-14-15-16-17-18-19-20-24-37(40)41-33-26-25-32-30-36-34-23-21-22-27-38(34,35(32)31-33)28-29-39(36)2/h4-5,7-8,10-11,13-14,16-17,19-20,25-26,31,34,36H,3,6,9,12,15,18,21-24,27-30H2,1-2H3/b5-4-,8-7-,11-10-,14-13-,17-16-,20-19-/t34-,36+,38+/m1/s1. The van der Waals surface area contributed by atoms with Gasteiger partial charge in [0.05, 0.1) is 6.42 Å². The molecule has 0 N–H and O–H groups in total. The zero-order valence-corrected chi connectivity index (χ0v) is 25.5. The van der Waals surface area contributed by atoms with Crippen molar-refractivity contribution in [1.29, 1.82) is 0 Å². The topological polar surface area (TPSA) is 29.5 Å². The third-order valence-electron chi connectivity index (χ3n) is 9.20. The van der Waals surface area contributed by atoms with Crippen LogP contribution in [0.2, 0.25) is 0 Å². The summed E-state index contributed by atoms with van der Waals surface area (Å²) in [7, 11) is 2.31. The smallest absolute Gasteiger partial charge is 0.315 e. The van der Waals surface area contributed by atoms with Crippen LogP contribution in [0.25, 0.3) is 0 Å². The first-order valence-corrected chi connectivity index (χ1v) is 16.1. The summed E-state index contributed by atoms with van der Waals surface area (Å²) < 4.78 is 5.81. The molecule has 1 aromatic carbocycles. The van der Waals surface area contributed by atoms with Gasteiger partial charge in [0, 0.05) is 11.5 Å². The number of carbonyl (C=O) groups is 1. The Morgan fingerprint density at radius 1 is 0.854 bits per heavy atom. The molecular formula is C38H51NO2. The van der Waals surface area contributed by atoms with E-state index in [0.29, 0.717) is 12.5 Å². The number of hydrogen-bond acceptors (Lipinski definition) is 3. The first-order valence-electron chi connectivity index (χ1n) is 16.1. The van der Waals surface area contributed by atoms with E-state index >= 15 is 0 Å². The summed E-state index contributed by atoms with van der Waals surface area (Å²) in [5, 5.41) is 0. The van der Waals surface area contributed by atoms with Gasteiger partial charge in [0.25, 0.3) is 0 Å². The van der Waals surface area contributed by atoms with E-state index < -0.39 is 0 Å². The molecule has 2 aliphatic carbocycles. The highest BCUT2D eigenvalue weighted by molar-refractivity contribution is 5.74. The highest BCUT2D eigenvalue weighted by atomic mass is 16.5. The van der Waals surface area contributed by atoms with E-state index in [-0.39, 0.29) is 11.4 Å². The maximum atomic E-state index is 12.6. The summed E-state index contributed by atoms with van der Waals surface area (Å²) in [5.41, 5.74) is 3.23. The van der Waals surface area contributed by atoms with E-state index in [0.717, 1.165) is 56.6 Å². The second-order valence-electron chi connectivity index (χ2n) is 11.9. The summed E-state index contributed by atoms with van der Waals surface area (Å²) in [6.45, 7) is 3.33. The quantitative estimate of drug-likeness (QED) is 0.131. The molecule has 1 aromatic rings. The van der Waals surface area contributed by atoms with Crippen LogP contribution in [-0.4, -0.2) is 30.5 Å². The molecule has 1 aliphatic heterocycles. The average molecular weight is 554 g/mol. The number of carbonyl (C=O) groups excluding carboxylic acids is 1. The predicted octanol–water partition coefficient (Wildman–Crippen LogP) is 9.37. The number of fused-ring (bicyclic) bond motifs is 1. The van der Waals surface area contributed by atoms with Crippen molar-refractivity contribution in [3.05, 3.63) is 102 Å². The van der Waals surface area contributed by atoms with Gasteiger partial charge in [-0.05, 0) is 107 Å². The molecule has 3 aliphatic rings. The lowest BCUT2D eigenvalue weighted by atomic mass is 9.52. The van der Waals surface area contributed by atoms with Crippen LogP contribution in [0.15, 0.2) is 91.1 Å². The molecule has 4 rings (SSSR count). The molecule has 3 atom stereocenters. The van der Waals surface area contributed by atoms with Gasteiger partial charge in [0.2, 0.25) is 0 Å². The Labute approximate surface area is 249 Å². The molecule has 1 saturated carbocycles. The van der Waals surface area contributed by atoms with Crippen LogP contribution in [0.3, 0.4) is 0 Å². The van der Waals surface area contributed by atoms with E-state index in [4.69, 9.17) is 4.74 Å². The molecule has 0 unspecified atom stereocenters. The average Bonchev–Trinajstić information content (AvgIpc) is 2.98. The van der Waals surface area contributed by atoms with Crippen molar-refractivity contribution >= 4 is 5.97 Å². The predicted molar refractivity (Wildman–Crippen MR) is 173 cm³/mol. The van der Waals surface area contributed by atoms with E-state index in [1.165, 1.54) is 49.8 Å². The summed E-state index contributed by atoms with van der Waals surface area (Å²) in [4.78, 5) is 15.2. The highest BCUT2D eigenvalue weighted by Gasteiger charge is 2.53. The number of nitrogens with zero attached hydrogens (tertiary/aromatic N) is 1. The van der Waals surface area contributed by atoms with Gasteiger partial charge in [0.1, 0.15) is 5.75 Å². The third kappa shape index (κ3) is 8.79. The Morgan fingerprint density at radius 3 is 2.10 bits per heavy atom. The van der Waals surface area contributed by atoms with Crippen molar-refractivity contribution in [3.63, 3.8) is 0 Å². The van der Waals surface area contributed by atoms with Gasteiger partial charge in [-0.2, -0.15) is 0 Å². The van der Waals surface area contributed by atoms with Crippen molar-refractivity contribution in [3.8, 4) is 5.75 Å². The van der Waals surface area contributed by atoms with Gasteiger partial charge >= 0.3 is 5.97 Å². The zero-order chi connectivity index (χ0) is 28.8. The molecule has 220 valence electrons. The lowest BCUT2D eigenvalue weighted by molar-refractivity contribution is -0.133. The molecule has 1 heterocycles. The summed E-state index contributed by atoms with van der Waals surface area (Å²) in [6, 6.07) is 7.12. The lowest BCUT2D eigenvalue weighted by Crippen LogP contribution is -2.59. The maximum absolute atomic E-state index is 12.6. The molecule has 0 amide bonds. The van der Waals surface area contributed by atoms with Gasteiger partial charge in [-0.25, -0.2) is 0 Å². The number of likely N-dealkylation sites (N-methyl/N-ethyl adjacent to an activating group) is 1. The summed E-state index contributed by atoms with van der Waals surface area (Å²) >= 11 is 0. The minimum absolute atomic E-state index is 0.181. The normalized spacial score (nSPS) is 24.8. The van der Waals surface area contributed by atoms with Crippen molar-refractivity contribution in [2.75, 3.05) is 13.6 Å². The Balaban J connectivity index is 1.14. The maximum Gasteiger partial charge on any atom is 0.315 e. The molecule has 2 fully saturated rings. The van der Waals surface area contributed by atoms with Crippen LogP contribution in [-0.2, 0) is 16.6 Å². The number of rotatable bonds is 14. The molecular weight excluding hydrogens is 502 g/mol. The largest absolute Gasteiger partial charge is 0.426 e. The van der Waals surface area contributed by atoms with Gasteiger partial charge in [-0.1, -0.05) is 98.7 Å². The second-order valence-corrected chi connectivity index (χ2v) is 11.9. The van der Waals surface area contributed by atoms with E-state index in [1.54, 1.807) is 0 Å². The zero-order valence-electron chi connectivity index (χ0n) is 25.5. The molecule has 41 heavy (non-hydrogen) atoms. The Kier molecular flexibility index (Phi) is 12.5. The van der Waals surface area contributed by atoms with Crippen molar-refractivity contribution in [2.24, 2.45) is 5.92 Å². The molecule has 1 saturated heterocycles. The van der Waals surface area contributed by atoms with E-state index in [1.807, 2.05) is 18.2 Å². The fraction of sp³-hybridized carbons (Fsp3) is 0.500. The van der Waals surface area contributed by atoms with Crippen molar-refractivity contribution in [2.45, 2.75) is 102 Å². The molecule has 3 heteroatoms. The summed E-state index contributed by atoms with van der Waals surface area (Å²) in [5.74, 6) is 1.28. The molecule has 0 aromatic heterocycles. The first-order chi connectivity index (χ1) is 20.1. The minimum Gasteiger partial charge on any atom is -0.426 e. The van der Waals surface area contributed by atoms with Crippen LogP contribution >= 0.6 is 0 Å². The number of ether oxygens (including phenoxy) is 1. The highest BCUT2D eigenvalue weighted by Crippen LogP contribution is 2.55. The van der Waals surface area contributed by atoms with Crippen LogP contribution in [0.4, 0.5) is 0 Å². The fourth-order valence-electron chi connectivity index (χ4n) is 7.11.